The quantitative estimate of drug-likeness (QED) is 0.191. The lowest BCUT2D eigenvalue weighted by Crippen LogP contribution is -2.40. The summed E-state index contributed by atoms with van der Waals surface area (Å²) in [7, 11) is -3.61. The molecule has 2 aromatic heterocycles. The van der Waals surface area contributed by atoms with Gasteiger partial charge in [0.2, 0.25) is 5.95 Å². The van der Waals surface area contributed by atoms with Gasteiger partial charge in [0.25, 0.3) is 10.1 Å². The molecule has 3 aliphatic rings. The smallest absolute Gasteiger partial charge is 0.320 e. The van der Waals surface area contributed by atoms with Gasteiger partial charge < -0.3 is 10.2 Å². The van der Waals surface area contributed by atoms with Crippen LogP contribution in [0.1, 0.15) is 100 Å². The first kappa shape index (κ1) is 35.7. The number of amides is 2. The number of carbonyl (C=O) groups excluding carboxylic acids is 1. The second-order valence-corrected chi connectivity index (χ2v) is 16.5. The number of hydrogen-bond donors (Lipinski definition) is 2. The van der Waals surface area contributed by atoms with Crippen molar-refractivity contribution in [3.05, 3.63) is 89.0 Å². The molecule has 276 valence electrons. The van der Waals surface area contributed by atoms with E-state index in [1.807, 2.05) is 47.7 Å². The Morgan fingerprint density at radius 2 is 1.81 bits per heavy atom. The van der Waals surface area contributed by atoms with E-state index in [-0.39, 0.29) is 30.2 Å². The maximum Gasteiger partial charge on any atom is 0.320 e. The van der Waals surface area contributed by atoms with Crippen molar-refractivity contribution in [2.75, 3.05) is 23.0 Å². The number of benzene rings is 2. The summed E-state index contributed by atoms with van der Waals surface area (Å²) in [5, 5.41) is 21.9. The van der Waals surface area contributed by atoms with Crippen molar-refractivity contribution >= 4 is 34.0 Å². The van der Waals surface area contributed by atoms with Crippen LogP contribution in [0.3, 0.4) is 0 Å². The molecule has 0 unspecified atom stereocenters. The molecule has 7 rings (SSSR count). The Hall–Kier alpha value is -4.73. The molecule has 1 saturated heterocycles. The lowest BCUT2D eigenvalue weighted by atomic mass is 9.86. The minimum Gasteiger partial charge on any atom is -0.338 e. The number of piperidine rings is 1. The Morgan fingerprint density at radius 1 is 1.00 bits per heavy atom. The normalized spacial score (nSPS) is 20.4. The van der Waals surface area contributed by atoms with Gasteiger partial charge in [0, 0.05) is 36.3 Å². The molecule has 2 N–H and O–H groups in total. The second-order valence-electron chi connectivity index (χ2n) is 14.9. The van der Waals surface area contributed by atoms with E-state index in [9.17, 15) is 13.2 Å². The number of rotatable bonds is 9. The van der Waals surface area contributed by atoms with Crippen LogP contribution < -0.4 is 15.5 Å². The molecule has 0 radical (unpaired) electrons. The predicted molar refractivity (Wildman–Crippen MR) is 198 cm³/mol. The van der Waals surface area contributed by atoms with Gasteiger partial charge in [-0.15, -0.1) is 10.2 Å². The van der Waals surface area contributed by atoms with Gasteiger partial charge in [0.15, 0.2) is 5.82 Å². The standard InChI is InChI=1S/C37H47N9O5S/c1-25-11-8-9-19-44(25)36-41-40-33-18-20-43(24-45(33)36)51-31-17-16-30(28-14-6-7-15-29(28)31)38-35(47)39-34-22-32(37(2,3)4)42-46(34)27-13-10-12-26(21-27)23-50-52(5,48)49/h6-7,10,12-15,18,20-22,25,30-31H,8-9,11,16-17,19,23-24H2,1-5H3,(H2,38,39,47)/t25-,30-,31+/m0/s1. The molecule has 2 aromatic carbocycles. The van der Waals surface area contributed by atoms with Crippen LogP contribution in [0.5, 0.6) is 0 Å². The largest absolute Gasteiger partial charge is 0.338 e. The van der Waals surface area contributed by atoms with Gasteiger partial charge in [0.1, 0.15) is 18.6 Å². The molecule has 1 fully saturated rings. The number of nitrogens with zero attached hydrogens (tertiary/aromatic N) is 7. The zero-order valence-electron chi connectivity index (χ0n) is 30.3. The van der Waals surface area contributed by atoms with Gasteiger partial charge in [-0.05, 0) is 67.9 Å². The average Bonchev–Trinajstić information content (AvgIpc) is 3.73. The van der Waals surface area contributed by atoms with E-state index < -0.39 is 10.1 Å². The van der Waals surface area contributed by atoms with Crippen molar-refractivity contribution in [2.24, 2.45) is 0 Å². The van der Waals surface area contributed by atoms with Crippen LogP contribution in [-0.4, -0.2) is 62.9 Å². The van der Waals surface area contributed by atoms with Crippen LogP contribution in [0.4, 0.5) is 16.6 Å². The topological polar surface area (TPSA) is 149 Å². The van der Waals surface area contributed by atoms with Crippen LogP contribution in [-0.2, 0) is 37.8 Å². The Labute approximate surface area is 304 Å². The number of hydrogen-bond acceptors (Lipinski definition) is 10. The molecule has 0 saturated carbocycles. The third-order valence-corrected chi connectivity index (χ3v) is 10.4. The summed E-state index contributed by atoms with van der Waals surface area (Å²) in [5.74, 6) is 2.18. The van der Waals surface area contributed by atoms with Crippen LogP contribution in [0.2, 0.25) is 0 Å². The maximum absolute atomic E-state index is 13.7. The number of fused-ring (bicyclic) bond motifs is 2. The van der Waals surface area contributed by atoms with Crippen molar-refractivity contribution < 1.29 is 22.2 Å². The minimum atomic E-state index is -3.61. The third kappa shape index (κ3) is 7.86. The highest BCUT2D eigenvalue weighted by Crippen LogP contribution is 2.39. The summed E-state index contributed by atoms with van der Waals surface area (Å²) in [6.07, 6.45) is 9.57. The van der Waals surface area contributed by atoms with E-state index in [1.165, 1.54) is 6.42 Å². The van der Waals surface area contributed by atoms with Crippen LogP contribution in [0.15, 0.2) is 60.8 Å². The molecule has 2 amide bonds. The zero-order chi connectivity index (χ0) is 36.6. The monoisotopic (exact) mass is 729 g/mol. The van der Waals surface area contributed by atoms with E-state index in [2.05, 4.69) is 64.1 Å². The highest BCUT2D eigenvalue weighted by Gasteiger charge is 2.32. The minimum absolute atomic E-state index is 0.107. The first-order chi connectivity index (χ1) is 24.8. The zero-order valence-corrected chi connectivity index (χ0v) is 31.1. The van der Waals surface area contributed by atoms with Crippen LogP contribution in [0.25, 0.3) is 11.8 Å². The third-order valence-electron chi connectivity index (χ3n) is 9.81. The van der Waals surface area contributed by atoms with Crippen molar-refractivity contribution in [2.45, 2.75) is 96.7 Å². The SMILES string of the molecule is C[C@H]1CCCCN1c1nnc2n1CN(O[C@@H]1CC[C@H](NC(=O)Nc3cc(C(C)(C)C)nn3-c3cccc(COS(C)(=O)=O)c3)c3ccccc31)C=C2. The van der Waals surface area contributed by atoms with Crippen molar-refractivity contribution in [1.29, 1.82) is 0 Å². The van der Waals surface area contributed by atoms with Crippen LogP contribution in [0, 0.1) is 0 Å². The maximum atomic E-state index is 13.7. The molecule has 1 aliphatic carbocycles. The molecule has 2 aliphatic heterocycles. The molecule has 4 heterocycles. The molecule has 15 heteroatoms. The molecule has 52 heavy (non-hydrogen) atoms. The Balaban J connectivity index is 1.05. The van der Waals surface area contributed by atoms with Gasteiger partial charge in [-0.2, -0.15) is 13.5 Å². The van der Waals surface area contributed by atoms with Crippen molar-refractivity contribution in [3.63, 3.8) is 0 Å². The average molecular weight is 730 g/mol. The number of carbonyl (C=O) groups is 1. The lowest BCUT2D eigenvalue weighted by molar-refractivity contribution is -0.190. The molecule has 3 atom stereocenters. The Bertz CT molecular complexity index is 2070. The number of anilines is 2. The Kier molecular flexibility index (Phi) is 9.85. The van der Waals surface area contributed by atoms with Gasteiger partial charge in [-0.3, -0.25) is 18.9 Å². The van der Waals surface area contributed by atoms with Gasteiger partial charge in [-0.1, -0.05) is 57.2 Å². The lowest BCUT2D eigenvalue weighted by Gasteiger charge is -2.37. The van der Waals surface area contributed by atoms with Gasteiger partial charge in [-0.25, -0.2) is 14.5 Å². The molecule has 4 aromatic rings. The fourth-order valence-corrected chi connectivity index (χ4v) is 7.40. The fourth-order valence-electron chi connectivity index (χ4n) is 7.05. The van der Waals surface area contributed by atoms with E-state index in [1.54, 1.807) is 22.9 Å². The summed E-state index contributed by atoms with van der Waals surface area (Å²) in [6.45, 7) is 9.75. The number of nitrogens with one attached hydrogen (secondary N) is 2. The van der Waals surface area contributed by atoms with E-state index in [0.29, 0.717) is 42.6 Å². The number of aromatic nitrogens is 5. The van der Waals surface area contributed by atoms with Crippen molar-refractivity contribution in [3.8, 4) is 5.69 Å². The first-order valence-corrected chi connectivity index (χ1v) is 19.7. The summed E-state index contributed by atoms with van der Waals surface area (Å²) in [5.41, 5.74) is 3.84. The summed E-state index contributed by atoms with van der Waals surface area (Å²) in [6, 6.07) is 17.0. The Morgan fingerprint density at radius 3 is 2.58 bits per heavy atom. The predicted octanol–water partition coefficient (Wildman–Crippen LogP) is 6.19. The molecular weight excluding hydrogens is 683 g/mol. The first-order valence-electron chi connectivity index (χ1n) is 17.8. The fraction of sp³-hybridized carbons (Fsp3) is 0.459. The van der Waals surface area contributed by atoms with Gasteiger partial charge in [0.05, 0.1) is 30.3 Å². The highest BCUT2D eigenvalue weighted by atomic mass is 32.2. The highest BCUT2D eigenvalue weighted by molar-refractivity contribution is 7.85. The van der Waals surface area contributed by atoms with E-state index >= 15 is 0 Å². The van der Waals surface area contributed by atoms with E-state index in [0.717, 1.165) is 54.2 Å². The number of urea groups is 1. The summed E-state index contributed by atoms with van der Waals surface area (Å²) in [4.78, 5) is 22.6. The molecule has 0 spiro atoms. The molecule has 0 bridgehead atoms. The van der Waals surface area contributed by atoms with E-state index in [4.69, 9.17) is 14.1 Å². The van der Waals surface area contributed by atoms with Gasteiger partial charge >= 0.3 is 6.03 Å². The second kappa shape index (κ2) is 14.4. The van der Waals surface area contributed by atoms with Crippen LogP contribution >= 0.6 is 0 Å². The molecular formula is C37H47N9O5S. The summed E-state index contributed by atoms with van der Waals surface area (Å²) < 4.78 is 31.9. The summed E-state index contributed by atoms with van der Waals surface area (Å²) >= 11 is 0. The molecule has 14 nitrogen and oxygen atoms in total. The van der Waals surface area contributed by atoms with Crippen molar-refractivity contribution in [1.82, 2.24) is 34.9 Å². The number of hydroxylamine groups is 2.